The number of methoxy groups -OCH3 is 1. The second-order valence-corrected chi connectivity index (χ2v) is 12.0. The quantitative estimate of drug-likeness (QED) is 0.147. The lowest BCUT2D eigenvalue weighted by molar-refractivity contribution is 0.0929. The van der Waals surface area contributed by atoms with Gasteiger partial charge in [0.15, 0.2) is 28.4 Å². The standard InChI is InChI=1S/C35H26Cl2N6O6/c1-41-31-30(33(45)42(2)35(41)46)43(18-21-9-11-22(36)15-25(21)37)34(39-31)49-27-12-8-19(14-28(27)47-3)17-38-40-32(44)29-16-24-23-7-5-4-6-20(23)10-13-26(24)48-29/h4-17H,18H2,1-3H3,(H,40,44)/b38-17-. The zero-order valence-corrected chi connectivity index (χ0v) is 27.7. The third-order valence-corrected chi connectivity index (χ3v) is 8.66. The molecule has 4 aromatic carbocycles. The number of hydrazone groups is 1. The lowest BCUT2D eigenvalue weighted by atomic mass is 10.1. The topological polar surface area (TPSA) is 135 Å². The summed E-state index contributed by atoms with van der Waals surface area (Å²) in [6.07, 6.45) is 1.44. The molecule has 0 unspecified atom stereocenters. The van der Waals surface area contributed by atoms with Gasteiger partial charge in [-0.15, -0.1) is 0 Å². The Hall–Kier alpha value is -5.85. The van der Waals surface area contributed by atoms with Crippen LogP contribution in [-0.4, -0.2) is 37.9 Å². The van der Waals surface area contributed by atoms with Crippen LogP contribution in [0.1, 0.15) is 21.7 Å². The van der Waals surface area contributed by atoms with Gasteiger partial charge in [-0.05, 0) is 64.4 Å². The zero-order valence-electron chi connectivity index (χ0n) is 26.2. The summed E-state index contributed by atoms with van der Waals surface area (Å²) in [6, 6.07) is 23.3. The second-order valence-electron chi connectivity index (χ2n) is 11.1. The van der Waals surface area contributed by atoms with E-state index in [0.717, 1.165) is 20.7 Å². The molecule has 0 spiro atoms. The maximum absolute atomic E-state index is 13.3. The van der Waals surface area contributed by atoms with Gasteiger partial charge in [0.1, 0.15) is 5.58 Å². The highest BCUT2D eigenvalue weighted by Gasteiger charge is 2.23. The first-order valence-electron chi connectivity index (χ1n) is 14.8. The minimum Gasteiger partial charge on any atom is -0.493 e. The molecule has 3 aromatic heterocycles. The Balaban J connectivity index is 1.17. The number of nitrogens with zero attached hydrogens (tertiary/aromatic N) is 5. The fourth-order valence-electron chi connectivity index (χ4n) is 5.54. The van der Waals surface area contributed by atoms with Gasteiger partial charge in [-0.1, -0.05) is 59.6 Å². The molecule has 0 fully saturated rings. The summed E-state index contributed by atoms with van der Waals surface area (Å²) in [5, 5.41) is 7.78. The fraction of sp³-hybridized carbons (Fsp3) is 0.114. The monoisotopic (exact) mass is 696 g/mol. The van der Waals surface area contributed by atoms with E-state index in [4.69, 9.17) is 37.1 Å². The molecule has 0 radical (unpaired) electrons. The molecule has 1 N–H and O–H groups in total. The number of aryl methyl sites for hydroxylation is 1. The number of fused-ring (bicyclic) bond motifs is 4. The number of aromatic nitrogens is 4. The number of hydrogen-bond donors (Lipinski definition) is 1. The van der Waals surface area contributed by atoms with E-state index in [-0.39, 0.29) is 35.2 Å². The molecule has 0 aliphatic rings. The van der Waals surface area contributed by atoms with Gasteiger partial charge >= 0.3 is 17.6 Å². The van der Waals surface area contributed by atoms with Crippen LogP contribution in [0.25, 0.3) is 32.9 Å². The van der Waals surface area contributed by atoms with Gasteiger partial charge in [0.2, 0.25) is 0 Å². The number of benzene rings is 4. The highest BCUT2D eigenvalue weighted by molar-refractivity contribution is 6.35. The molecule has 0 bridgehead atoms. The first-order chi connectivity index (χ1) is 23.6. The van der Waals surface area contributed by atoms with Crippen LogP contribution in [0.4, 0.5) is 0 Å². The van der Waals surface area contributed by atoms with Crippen molar-refractivity contribution in [2.45, 2.75) is 6.54 Å². The van der Waals surface area contributed by atoms with Gasteiger partial charge in [0.05, 0.1) is 19.9 Å². The molecule has 3 heterocycles. The third kappa shape index (κ3) is 5.81. The maximum Gasteiger partial charge on any atom is 0.332 e. The molecule has 14 heteroatoms. The molecule has 12 nitrogen and oxygen atoms in total. The molecular weight excluding hydrogens is 671 g/mol. The van der Waals surface area contributed by atoms with Crippen molar-refractivity contribution in [1.29, 1.82) is 0 Å². The first-order valence-corrected chi connectivity index (χ1v) is 15.6. The van der Waals surface area contributed by atoms with Gasteiger partial charge in [-0.25, -0.2) is 10.2 Å². The average Bonchev–Trinajstić information content (AvgIpc) is 3.70. The number of imidazole rings is 1. The largest absolute Gasteiger partial charge is 0.493 e. The van der Waals surface area contributed by atoms with E-state index in [0.29, 0.717) is 32.5 Å². The molecule has 0 aliphatic heterocycles. The highest BCUT2D eigenvalue weighted by atomic mass is 35.5. The SMILES string of the molecule is COc1cc(/C=N\NC(=O)c2cc3c(ccc4ccccc43)o2)ccc1Oc1nc2c(c(=O)n(C)c(=O)n2C)n1Cc1ccc(Cl)cc1Cl. The second kappa shape index (κ2) is 12.6. The minimum atomic E-state index is -0.554. The normalized spacial score (nSPS) is 11.6. The van der Waals surface area contributed by atoms with E-state index in [1.165, 1.54) is 36.6 Å². The molecule has 7 rings (SSSR count). The van der Waals surface area contributed by atoms with Crippen molar-refractivity contribution in [2.75, 3.05) is 7.11 Å². The number of carbonyl (C=O) groups is 1. The molecule has 246 valence electrons. The van der Waals surface area contributed by atoms with E-state index in [1.807, 2.05) is 36.4 Å². The summed E-state index contributed by atoms with van der Waals surface area (Å²) in [4.78, 5) is 43.4. The van der Waals surface area contributed by atoms with Crippen LogP contribution in [-0.2, 0) is 20.6 Å². The van der Waals surface area contributed by atoms with Gasteiger partial charge in [0, 0.05) is 29.5 Å². The zero-order chi connectivity index (χ0) is 34.4. The number of rotatable bonds is 8. The van der Waals surface area contributed by atoms with E-state index >= 15 is 0 Å². The van der Waals surface area contributed by atoms with Crippen LogP contribution in [0.15, 0.2) is 98.0 Å². The fourth-order valence-corrected chi connectivity index (χ4v) is 6.01. The predicted octanol–water partition coefficient (Wildman–Crippen LogP) is 6.25. The number of furan rings is 1. The predicted molar refractivity (Wildman–Crippen MR) is 188 cm³/mol. The maximum atomic E-state index is 13.3. The molecule has 1 amide bonds. The van der Waals surface area contributed by atoms with E-state index < -0.39 is 17.2 Å². The van der Waals surface area contributed by atoms with Crippen molar-refractivity contribution < 1.29 is 18.7 Å². The Bertz CT molecular complexity index is 2600. The van der Waals surface area contributed by atoms with Crippen LogP contribution in [0.3, 0.4) is 0 Å². The Morgan fingerprint density at radius 1 is 0.959 bits per heavy atom. The summed E-state index contributed by atoms with van der Waals surface area (Å²) in [6.45, 7) is 0.0868. The van der Waals surface area contributed by atoms with Gasteiger partial charge in [-0.3, -0.25) is 23.3 Å². The number of ether oxygens (including phenoxy) is 2. The van der Waals surface area contributed by atoms with Crippen molar-refractivity contribution in [3.63, 3.8) is 0 Å². The molecule has 0 atom stereocenters. The molecule has 49 heavy (non-hydrogen) atoms. The van der Waals surface area contributed by atoms with E-state index in [1.54, 1.807) is 42.5 Å². The van der Waals surface area contributed by atoms with Crippen molar-refractivity contribution >= 4 is 68.2 Å². The lowest BCUT2D eigenvalue weighted by Gasteiger charge is -2.13. The smallest absolute Gasteiger partial charge is 0.332 e. The van der Waals surface area contributed by atoms with Crippen LogP contribution >= 0.6 is 23.2 Å². The lowest BCUT2D eigenvalue weighted by Crippen LogP contribution is -2.37. The summed E-state index contributed by atoms with van der Waals surface area (Å²) in [7, 11) is 4.37. The Kier molecular flexibility index (Phi) is 8.18. The van der Waals surface area contributed by atoms with E-state index in [2.05, 4.69) is 15.5 Å². The van der Waals surface area contributed by atoms with Crippen LogP contribution < -0.4 is 26.1 Å². The van der Waals surface area contributed by atoms with Gasteiger partial charge in [-0.2, -0.15) is 10.1 Å². The summed E-state index contributed by atoms with van der Waals surface area (Å²) >= 11 is 12.6. The van der Waals surface area contributed by atoms with Crippen LogP contribution in [0.2, 0.25) is 10.0 Å². The van der Waals surface area contributed by atoms with Crippen molar-refractivity contribution in [1.82, 2.24) is 24.1 Å². The molecule has 0 saturated heterocycles. The summed E-state index contributed by atoms with van der Waals surface area (Å²) in [5.74, 6) is 0.187. The first kappa shape index (κ1) is 31.7. The van der Waals surface area contributed by atoms with Crippen molar-refractivity contribution in [3.05, 3.63) is 127 Å². The van der Waals surface area contributed by atoms with Gasteiger partial charge in [0.25, 0.3) is 5.56 Å². The Labute approximate surface area is 287 Å². The van der Waals surface area contributed by atoms with Crippen LogP contribution in [0, 0.1) is 0 Å². The Morgan fingerprint density at radius 2 is 1.78 bits per heavy atom. The molecule has 7 aromatic rings. The Morgan fingerprint density at radius 3 is 2.57 bits per heavy atom. The molecule has 0 aliphatic carbocycles. The van der Waals surface area contributed by atoms with Crippen molar-refractivity contribution in [3.8, 4) is 17.5 Å². The van der Waals surface area contributed by atoms with Gasteiger partial charge < -0.3 is 13.9 Å². The molecular formula is C35H26Cl2N6O6. The summed E-state index contributed by atoms with van der Waals surface area (Å²) in [5.41, 5.74) is 3.49. The number of hydrogen-bond acceptors (Lipinski definition) is 8. The number of carbonyl (C=O) groups excluding carboxylic acids is 1. The highest BCUT2D eigenvalue weighted by Crippen LogP contribution is 2.34. The number of amides is 1. The third-order valence-electron chi connectivity index (χ3n) is 8.07. The average molecular weight is 698 g/mol. The number of halogens is 2. The summed E-state index contributed by atoms with van der Waals surface area (Å²) < 4.78 is 21.4. The number of nitrogens with one attached hydrogen (secondary N) is 1. The molecule has 0 saturated carbocycles. The minimum absolute atomic E-state index is 0.0184. The van der Waals surface area contributed by atoms with Crippen LogP contribution in [0.5, 0.6) is 17.5 Å². The van der Waals surface area contributed by atoms with Crippen molar-refractivity contribution in [2.24, 2.45) is 19.2 Å². The van der Waals surface area contributed by atoms with E-state index in [9.17, 15) is 14.4 Å².